The lowest BCUT2D eigenvalue weighted by Crippen LogP contribution is -2.11. The van der Waals surface area contributed by atoms with Crippen LogP contribution < -0.4 is 0 Å². The number of halogens is 1. The number of esters is 1. The summed E-state index contributed by atoms with van der Waals surface area (Å²) in [6, 6.07) is 6.73. The van der Waals surface area contributed by atoms with Crippen LogP contribution in [0, 0.1) is 5.82 Å². The van der Waals surface area contributed by atoms with Gasteiger partial charge in [0.25, 0.3) is 0 Å². The van der Waals surface area contributed by atoms with Crippen molar-refractivity contribution in [3.05, 3.63) is 46.4 Å². The van der Waals surface area contributed by atoms with Crippen molar-refractivity contribution in [2.75, 3.05) is 7.11 Å². The van der Waals surface area contributed by atoms with E-state index in [0.717, 1.165) is 5.56 Å². The first-order chi connectivity index (χ1) is 8.63. The van der Waals surface area contributed by atoms with Gasteiger partial charge in [0, 0.05) is 5.56 Å². The maximum atomic E-state index is 14.0. The van der Waals surface area contributed by atoms with Gasteiger partial charge in [0.1, 0.15) is 5.82 Å². The second-order valence-corrected chi connectivity index (χ2v) is 4.78. The zero-order chi connectivity index (χ0) is 13.1. The molecule has 1 atom stereocenters. The monoisotopic (exact) mass is 264 g/mol. The molecule has 94 valence electrons. The third-order valence-corrected chi connectivity index (χ3v) is 3.56. The van der Waals surface area contributed by atoms with Crippen molar-refractivity contribution in [3.8, 4) is 11.1 Å². The summed E-state index contributed by atoms with van der Waals surface area (Å²) < 4.78 is 18.6. The largest absolute Gasteiger partial charge is 0.469 e. The number of rotatable bonds is 3. The number of ether oxygens (including phenoxy) is 1. The van der Waals surface area contributed by atoms with Crippen molar-refractivity contribution in [1.29, 1.82) is 0 Å². The number of thiophene rings is 1. The van der Waals surface area contributed by atoms with Crippen LogP contribution in [0.2, 0.25) is 0 Å². The van der Waals surface area contributed by atoms with E-state index in [0.29, 0.717) is 11.1 Å². The van der Waals surface area contributed by atoms with Crippen LogP contribution in [0.1, 0.15) is 18.4 Å². The number of hydrogen-bond donors (Lipinski definition) is 0. The van der Waals surface area contributed by atoms with Gasteiger partial charge >= 0.3 is 5.97 Å². The van der Waals surface area contributed by atoms with E-state index >= 15 is 0 Å². The first-order valence-electron chi connectivity index (χ1n) is 5.53. The van der Waals surface area contributed by atoms with Gasteiger partial charge in [0.15, 0.2) is 0 Å². The number of methoxy groups -OCH3 is 1. The Kier molecular flexibility index (Phi) is 3.77. The van der Waals surface area contributed by atoms with Crippen molar-refractivity contribution >= 4 is 17.3 Å². The van der Waals surface area contributed by atoms with E-state index in [1.807, 2.05) is 16.8 Å². The van der Waals surface area contributed by atoms with Gasteiger partial charge in [-0.3, -0.25) is 4.79 Å². The molecule has 4 heteroatoms. The van der Waals surface area contributed by atoms with Crippen molar-refractivity contribution in [2.24, 2.45) is 0 Å². The molecule has 0 bridgehead atoms. The molecule has 0 fully saturated rings. The minimum Gasteiger partial charge on any atom is -0.469 e. The van der Waals surface area contributed by atoms with Crippen molar-refractivity contribution < 1.29 is 13.9 Å². The van der Waals surface area contributed by atoms with Gasteiger partial charge in [0.05, 0.1) is 13.0 Å². The quantitative estimate of drug-likeness (QED) is 0.787. The Bertz CT molecular complexity index is 549. The average molecular weight is 264 g/mol. The molecule has 1 unspecified atom stereocenters. The van der Waals surface area contributed by atoms with Crippen LogP contribution in [0.5, 0.6) is 0 Å². The molecule has 18 heavy (non-hydrogen) atoms. The summed E-state index contributed by atoms with van der Waals surface area (Å²) in [5, 5.41) is 3.79. The van der Waals surface area contributed by atoms with E-state index in [-0.39, 0.29) is 11.8 Å². The first kappa shape index (κ1) is 12.8. The normalized spacial score (nSPS) is 12.2. The lowest BCUT2D eigenvalue weighted by atomic mass is 9.98. The third kappa shape index (κ3) is 2.43. The van der Waals surface area contributed by atoms with Gasteiger partial charge in [-0.2, -0.15) is 11.3 Å². The molecule has 1 aromatic heterocycles. The highest BCUT2D eigenvalue weighted by molar-refractivity contribution is 7.08. The van der Waals surface area contributed by atoms with Gasteiger partial charge in [-0.25, -0.2) is 4.39 Å². The van der Waals surface area contributed by atoms with Crippen LogP contribution in [-0.4, -0.2) is 13.1 Å². The van der Waals surface area contributed by atoms with E-state index in [1.165, 1.54) is 24.5 Å². The van der Waals surface area contributed by atoms with Crippen LogP contribution in [0.3, 0.4) is 0 Å². The molecule has 0 saturated heterocycles. The van der Waals surface area contributed by atoms with Gasteiger partial charge in [-0.1, -0.05) is 12.1 Å². The SMILES string of the molecule is COC(=O)C(C)c1ccc(-c2ccsc2)c(F)c1. The fourth-order valence-electron chi connectivity index (χ4n) is 1.77. The molecule has 1 aromatic carbocycles. The van der Waals surface area contributed by atoms with Crippen LogP contribution in [0.4, 0.5) is 4.39 Å². The van der Waals surface area contributed by atoms with Gasteiger partial charge in [0.2, 0.25) is 0 Å². The summed E-state index contributed by atoms with van der Waals surface area (Å²) in [4.78, 5) is 11.4. The molecule has 0 aliphatic heterocycles. The molecule has 0 N–H and O–H groups in total. The Morgan fingerprint density at radius 2 is 2.17 bits per heavy atom. The minimum atomic E-state index is -0.457. The van der Waals surface area contributed by atoms with E-state index in [2.05, 4.69) is 4.74 Å². The third-order valence-electron chi connectivity index (χ3n) is 2.88. The van der Waals surface area contributed by atoms with Crippen molar-refractivity contribution in [3.63, 3.8) is 0 Å². The van der Waals surface area contributed by atoms with Gasteiger partial charge in [-0.05, 0) is 40.9 Å². The topological polar surface area (TPSA) is 26.3 Å². The fraction of sp³-hybridized carbons (Fsp3) is 0.214. The summed E-state index contributed by atoms with van der Waals surface area (Å²) >= 11 is 1.52. The molecular weight excluding hydrogens is 251 g/mol. The van der Waals surface area contributed by atoms with E-state index in [9.17, 15) is 9.18 Å². The molecule has 2 aromatic rings. The summed E-state index contributed by atoms with van der Waals surface area (Å²) in [5.74, 6) is -1.14. The summed E-state index contributed by atoms with van der Waals surface area (Å²) in [5.41, 5.74) is 2.03. The molecule has 2 nitrogen and oxygen atoms in total. The number of benzene rings is 1. The predicted molar refractivity (Wildman–Crippen MR) is 70.1 cm³/mol. The molecule has 0 aliphatic rings. The molecule has 2 rings (SSSR count). The highest BCUT2D eigenvalue weighted by Crippen LogP contribution is 2.28. The molecule has 1 heterocycles. The maximum absolute atomic E-state index is 14.0. The standard InChI is InChI=1S/C14H13FO2S/c1-9(14(16)17-2)10-3-4-12(13(15)7-10)11-5-6-18-8-11/h3-9H,1-2H3. The Morgan fingerprint density at radius 1 is 1.39 bits per heavy atom. The molecule has 0 radical (unpaired) electrons. The molecule has 0 saturated carbocycles. The highest BCUT2D eigenvalue weighted by atomic mass is 32.1. The Labute approximate surface area is 109 Å². The molecular formula is C14H13FO2S. The molecule has 0 spiro atoms. The zero-order valence-corrected chi connectivity index (χ0v) is 11.0. The summed E-state index contributed by atoms with van der Waals surface area (Å²) in [6.45, 7) is 1.70. The van der Waals surface area contributed by atoms with Crippen LogP contribution in [0.25, 0.3) is 11.1 Å². The predicted octanol–water partition coefficient (Wildman–Crippen LogP) is 3.83. The lowest BCUT2D eigenvalue weighted by molar-refractivity contribution is -0.141. The summed E-state index contributed by atoms with van der Waals surface area (Å²) in [6.07, 6.45) is 0. The summed E-state index contributed by atoms with van der Waals surface area (Å²) in [7, 11) is 1.33. The number of carbonyl (C=O) groups excluding carboxylic acids is 1. The Morgan fingerprint density at radius 3 is 2.72 bits per heavy atom. The zero-order valence-electron chi connectivity index (χ0n) is 10.1. The first-order valence-corrected chi connectivity index (χ1v) is 6.47. The fourth-order valence-corrected chi connectivity index (χ4v) is 2.42. The smallest absolute Gasteiger partial charge is 0.312 e. The number of carbonyl (C=O) groups is 1. The average Bonchev–Trinajstić information content (AvgIpc) is 2.90. The van der Waals surface area contributed by atoms with Gasteiger partial charge < -0.3 is 4.74 Å². The van der Waals surface area contributed by atoms with E-state index in [1.54, 1.807) is 19.1 Å². The Balaban J connectivity index is 2.33. The van der Waals surface area contributed by atoms with E-state index < -0.39 is 5.92 Å². The van der Waals surface area contributed by atoms with Crippen LogP contribution in [-0.2, 0) is 9.53 Å². The second kappa shape index (κ2) is 5.31. The highest BCUT2D eigenvalue weighted by Gasteiger charge is 2.17. The maximum Gasteiger partial charge on any atom is 0.312 e. The lowest BCUT2D eigenvalue weighted by Gasteiger charge is -2.10. The van der Waals surface area contributed by atoms with Crippen molar-refractivity contribution in [2.45, 2.75) is 12.8 Å². The van der Waals surface area contributed by atoms with Crippen LogP contribution in [0.15, 0.2) is 35.0 Å². The molecule has 0 aliphatic carbocycles. The Hall–Kier alpha value is -1.68. The second-order valence-electron chi connectivity index (χ2n) is 4.00. The minimum absolute atomic E-state index is 0.318. The number of hydrogen-bond acceptors (Lipinski definition) is 3. The van der Waals surface area contributed by atoms with E-state index in [4.69, 9.17) is 0 Å². The van der Waals surface area contributed by atoms with Crippen LogP contribution >= 0.6 is 11.3 Å². The van der Waals surface area contributed by atoms with Crippen molar-refractivity contribution in [1.82, 2.24) is 0 Å². The van der Waals surface area contributed by atoms with Gasteiger partial charge in [-0.15, -0.1) is 0 Å². The molecule has 0 amide bonds.